The number of rotatable bonds is 2. The molecule has 0 saturated carbocycles. The normalized spacial score (nSPS) is 10.8. The molecule has 48 heavy (non-hydrogen) atoms. The molecule has 2 radical (unpaired) electrons. The van der Waals surface area contributed by atoms with Crippen molar-refractivity contribution in [3.63, 3.8) is 0 Å². The van der Waals surface area contributed by atoms with E-state index in [1.165, 1.54) is 105 Å². The van der Waals surface area contributed by atoms with Gasteiger partial charge in [-0.05, 0) is 38.1 Å². The van der Waals surface area contributed by atoms with Gasteiger partial charge in [0.1, 0.15) is 0 Å². The Morgan fingerprint density at radius 3 is 1.54 bits per heavy atom. The Hall–Kier alpha value is -3.84. The van der Waals surface area contributed by atoms with Crippen molar-refractivity contribution in [3.05, 3.63) is 171 Å². The van der Waals surface area contributed by atoms with Crippen LogP contribution < -0.4 is 0 Å². The van der Waals surface area contributed by atoms with Crippen LogP contribution in [-0.2, 0) is 28.8 Å². The van der Waals surface area contributed by atoms with Gasteiger partial charge in [-0.15, -0.1) is 68.6 Å². The second-order valence-corrected chi connectivity index (χ2v) is 13.1. The second-order valence-electron chi connectivity index (χ2n) is 13.1. The third-order valence-electron chi connectivity index (χ3n) is 9.03. The molecule has 0 N–H and O–H groups in total. The molecule has 0 amide bonds. The molecular formula is C46H44SiZr-4. The van der Waals surface area contributed by atoms with Crippen molar-refractivity contribution in [2.24, 2.45) is 0 Å². The monoisotopic (exact) mass is 714 g/mol. The minimum atomic E-state index is 0. The molecule has 2 heteroatoms. The molecule has 8 aromatic carbocycles. The van der Waals surface area contributed by atoms with Crippen molar-refractivity contribution in [2.75, 3.05) is 0 Å². The molecule has 0 spiro atoms. The summed E-state index contributed by atoms with van der Waals surface area (Å²) in [5.41, 5.74) is 9.57. The topological polar surface area (TPSA) is 0 Å². The van der Waals surface area contributed by atoms with Crippen LogP contribution in [-0.4, -0.2) is 6.88 Å². The summed E-state index contributed by atoms with van der Waals surface area (Å²) in [6, 6.07) is 50.8. The van der Waals surface area contributed by atoms with Crippen LogP contribution in [0.1, 0.15) is 37.5 Å². The quantitative estimate of drug-likeness (QED) is 0.123. The average molecular weight is 716 g/mol. The maximum atomic E-state index is 3.06. The van der Waals surface area contributed by atoms with E-state index in [-0.39, 0.29) is 20.3 Å². The summed E-state index contributed by atoms with van der Waals surface area (Å²) in [6.07, 6.45) is 0. The summed E-state index contributed by atoms with van der Waals surface area (Å²) >= 11 is 1.36. The Balaban J connectivity index is 0.000000199. The van der Waals surface area contributed by atoms with Crippen LogP contribution in [0.5, 0.6) is 0 Å². The van der Waals surface area contributed by atoms with Crippen LogP contribution in [0.2, 0.25) is 0 Å². The Kier molecular flexibility index (Phi) is 12.0. The van der Waals surface area contributed by atoms with Crippen molar-refractivity contribution in [1.29, 1.82) is 0 Å². The predicted octanol–water partition coefficient (Wildman–Crippen LogP) is 13.2. The van der Waals surface area contributed by atoms with Gasteiger partial charge in [-0.3, -0.25) is 0 Å². The van der Waals surface area contributed by atoms with E-state index in [0.29, 0.717) is 0 Å². The van der Waals surface area contributed by atoms with Crippen LogP contribution in [0.25, 0.3) is 65.3 Å². The fraction of sp³-hybridized carbons (Fsp3) is 0.130. The first-order valence-corrected chi connectivity index (χ1v) is 20.0. The molecule has 0 aliphatic rings. The third-order valence-corrected chi connectivity index (χ3v) is 9.03. The molecule has 0 atom stereocenters. The summed E-state index contributed by atoms with van der Waals surface area (Å²) in [4.78, 5) is 0. The van der Waals surface area contributed by atoms with Crippen molar-refractivity contribution in [3.8, 4) is 22.3 Å². The molecule has 0 heterocycles. The summed E-state index contributed by atoms with van der Waals surface area (Å²) < 4.78 is 0. The number of hydrogen-bond acceptors (Lipinski definition) is 0. The van der Waals surface area contributed by atoms with Crippen molar-refractivity contribution < 1.29 is 23.3 Å². The van der Waals surface area contributed by atoms with Crippen molar-refractivity contribution in [2.45, 2.75) is 40.0 Å². The van der Waals surface area contributed by atoms with Gasteiger partial charge in [0.25, 0.3) is 0 Å². The fourth-order valence-electron chi connectivity index (χ4n) is 6.65. The standard InChI is InChI=1S/C23H21.C21H17.2CH3.Si.Zr/c1-23(2,3)18-14-17-10-7-13-21(22(17)15-18)20-12-6-9-16-8-4-5-11-19(16)20;1-14-12-20-15(2)10-11-19(21(20)13-14)18-9-5-7-16-6-3-4-8-17(16)18;;;;/h4-15H,1-3H3;3-13H,1-2H3;2*1H3;;/q4*-1;;. The van der Waals surface area contributed by atoms with E-state index in [9.17, 15) is 0 Å². The Labute approximate surface area is 304 Å². The van der Waals surface area contributed by atoms with E-state index in [0.717, 1.165) is 0 Å². The first kappa shape index (κ1) is 37.0. The van der Waals surface area contributed by atoms with Gasteiger partial charge in [0.05, 0.1) is 0 Å². The van der Waals surface area contributed by atoms with Gasteiger partial charge >= 0.3 is 30.2 Å². The second kappa shape index (κ2) is 15.6. The summed E-state index contributed by atoms with van der Waals surface area (Å²) in [7, 11) is 0. The number of benzene rings is 6. The molecule has 0 saturated heterocycles. The van der Waals surface area contributed by atoms with Gasteiger partial charge in [0.2, 0.25) is 0 Å². The summed E-state index contributed by atoms with van der Waals surface area (Å²) in [5, 5.41) is 10.7. The molecule has 0 bridgehead atoms. The van der Waals surface area contributed by atoms with E-state index in [2.05, 4.69) is 181 Å². The first-order chi connectivity index (χ1) is 22.3. The van der Waals surface area contributed by atoms with Crippen LogP contribution in [0.15, 0.2) is 140 Å². The first-order valence-electron chi connectivity index (χ1n) is 15.9. The number of fused-ring (bicyclic) bond motifs is 4. The van der Waals surface area contributed by atoms with E-state index in [1.54, 1.807) is 0 Å². The third kappa shape index (κ3) is 7.26. The van der Waals surface area contributed by atoms with Crippen molar-refractivity contribution >= 4 is 50.0 Å². The number of hydrogen-bond donors (Lipinski definition) is 0. The summed E-state index contributed by atoms with van der Waals surface area (Å²) in [6.45, 7) is 14.3. The van der Waals surface area contributed by atoms with Gasteiger partial charge in [-0.25, -0.2) is 0 Å². The Bertz CT molecular complexity index is 2300. The van der Waals surface area contributed by atoms with Gasteiger partial charge < -0.3 is 14.9 Å². The Morgan fingerprint density at radius 2 is 0.979 bits per heavy atom. The van der Waals surface area contributed by atoms with Gasteiger partial charge in [-0.1, -0.05) is 143 Å². The molecule has 8 rings (SSSR count). The fourth-order valence-corrected chi connectivity index (χ4v) is 6.65. The van der Waals surface area contributed by atoms with E-state index in [1.807, 2.05) is 0 Å². The summed E-state index contributed by atoms with van der Waals surface area (Å²) in [5.74, 6) is 0. The zero-order valence-corrected chi connectivity index (χ0v) is 32.7. The van der Waals surface area contributed by atoms with Crippen LogP contribution in [0.3, 0.4) is 0 Å². The molecule has 8 aromatic rings. The van der Waals surface area contributed by atoms with Gasteiger partial charge in [-0.2, -0.15) is 12.1 Å². The SMILES string of the molecule is CC(C)(C)c1cc2c(-c3cccc4ccccc34)cccc2[cH-]1.Cc1cc2c(-c3cccc4ccccc34)ccc(C)c2[cH-]1.[CH3-].[CH3-].[Si]=[Zr]. The van der Waals surface area contributed by atoms with Gasteiger partial charge in [0.15, 0.2) is 0 Å². The maximum absolute atomic E-state index is 3.06. The minimum absolute atomic E-state index is 0. The molecule has 0 aromatic heterocycles. The van der Waals surface area contributed by atoms with Crippen molar-refractivity contribution in [1.82, 2.24) is 0 Å². The zero-order chi connectivity index (χ0) is 32.4. The van der Waals surface area contributed by atoms with E-state index >= 15 is 0 Å². The van der Waals surface area contributed by atoms with E-state index < -0.39 is 0 Å². The predicted molar refractivity (Wildman–Crippen MR) is 212 cm³/mol. The van der Waals surface area contributed by atoms with Crippen LogP contribution in [0.4, 0.5) is 0 Å². The van der Waals surface area contributed by atoms with Crippen LogP contribution >= 0.6 is 0 Å². The molecule has 240 valence electrons. The molecule has 0 aliphatic heterocycles. The number of aryl methyl sites for hydroxylation is 2. The van der Waals surface area contributed by atoms with Gasteiger partial charge in [0, 0.05) is 0 Å². The zero-order valence-electron chi connectivity index (χ0n) is 29.3. The van der Waals surface area contributed by atoms with Crippen LogP contribution in [0, 0.1) is 28.7 Å². The average Bonchev–Trinajstić information content (AvgIpc) is 3.71. The molecule has 0 nitrogen and oxygen atoms in total. The molecular weight excluding hydrogens is 672 g/mol. The molecule has 0 fully saturated rings. The molecule has 0 unspecified atom stereocenters. The van der Waals surface area contributed by atoms with E-state index in [4.69, 9.17) is 0 Å². The Morgan fingerprint density at radius 1 is 0.500 bits per heavy atom. The molecule has 0 aliphatic carbocycles.